The van der Waals surface area contributed by atoms with Gasteiger partial charge in [0.05, 0.1) is 22.8 Å². The number of halogens is 2. The minimum absolute atomic E-state index is 0.0346. The fourth-order valence-electron chi connectivity index (χ4n) is 2.25. The van der Waals surface area contributed by atoms with Crippen molar-refractivity contribution in [2.24, 2.45) is 5.73 Å². The summed E-state index contributed by atoms with van der Waals surface area (Å²) in [5.74, 6) is -0.291. The largest absolute Gasteiger partial charge is 0.324 e. The van der Waals surface area contributed by atoms with E-state index in [4.69, 9.17) is 17.3 Å². The van der Waals surface area contributed by atoms with Gasteiger partial charge >= 0.3 is 0 Å². The van der Waals surface area contributed by atoms with Crippen molar-refractivity contribution in [3.05, 3.63) is 69.5 Å². The predicted molar refractivity (Wildman–Crippen MR) is 80.2 cm³/mol. The van der Waals surface area contributed by atoms with E-state index in [2.05, 4.69) is 4.98 Å². The zero-order valence-corrected chi connectivity index (χ0v) is 11.6. The first kappa shape index (κ1) is 13.7. The molecule has 1 heterocycles. The van der Waals surface area contributed by atoms with Crippen LogP contribution in [0.25, 0.3) is 16.6 Å². The Kier molecular flexibility index (Phi) is 3.45. The number of hydrogen-bond acceptors (Lipinski definition) is 3. The maximum absolute atomic E-state index is 14.0. The summed E-state index contributed by atoms with van der Waals surface area (Å²) < 4.78 is 15.2. The van der Waals surface area contributed by atoms with Gasteiger partial charge in [-0.1, -0.05) is 29.8 Å². The van der Waals surface area contributed by atoms with Crippen LogP contribution in [0.5, 0.6) is 0 Å². The molecule has 0 aliphatic rings. The van der Waals surface area contributed by atoms with Crippen molar-refractivity contribution in [1.82, 2.24) is 9.55 Å². The lowest BCUT2D eigenvalue weighted by Crippen LogP contribution is -2.26. The van der Waals surface area contributed by atoms with Crippen LogP contribution in [0, 0.1) is 5.82 Å². The maximum Gasteiger partial charge on any atom is 0.269 e. The molecule has 0 radical (unpaired) electrons. The van der Waals surface area contributed by atoms with Crippen LogP contribution in [0.3, 0.4) is 0 Å². The van der Waals surface area contributed by atoms with E-state index in [9.17, 15) is 9.18 Å². The van der Waals surface area contributed by atoms with Crippen molar-refractivity contribution in [3.8, 4) is 5.69 Å². The monoisotopic (exact) mass is 303 g/mol. The third kappa shape index (κ3) is 2.20. The van der Waals surface area contributed by atoms with Crippen molar-refractivity contribution in [2.75, 3.05) is 0 Å². The van der Waals surface area contributed by atoms with Crippen LogP contribution < -0.4 is 11.3 Å². The van der Waals surface area contributed by atoms with E-state index in [1.54, 1.807) is 30.3 Å². The van der Waals surface area contributed by atoms with E-state index >= 15 is 0 Å². The van der Waals surface area contributed by atoms with Crippen LogP contribution >= 0.6 is 11.6 Å². The molecule has 0 aliphatic carbocycles. The number of aromatic nitrogens is 2. The van der Waals surface area contributed by atoms with Gasteiger partial charge < -0.3 is 5.73 Å². The average molecular weight is 304 g/mol. The molecule has 0 amide bonds. The van der Waals surface area contributed by atoms with Gasteiger partial charge in [-0.3, -0.25) is 9.36 Å². The van der Waals surface area contributed by atoms with E-state index < -0.39 is 11.4 Å². The van der Waals surface area contributed by atoms with E-state index in [1.165, 1.54) is 16.7 Å². The van der Waals surface area contributed by atoms with Gasteiger partial charge in [0.15, 0.2) is 0 Å². The molecule has 0 fully saturated rings. The number of nitrogens with zero attached hydrogens (tertiary/aromatic N) is 2. The molecular formula is C15H11ClFN3O. The minimum atomic E-state index is -0.616. The molecule has 2 N–H and O–H groups in total. The molecule has 0 atom stereocenters. The molecule has 21 heavy (non-hydrogen) atoms. The first-order valence-corrected chi connectivity index (χ1v) is 6.66. The molecule has 1 aromatic heterocycles. The van der Waals surface area contributed by atoms with Gasteiger partial charge in [-0.05, 0) is 24.3 Å². The second kappa shape index (κ2) is 5.27. The van der Waals surface area contributed by atoms with Gasteiger partial charge in [0.25, 0.3) is 5.56 Å². The van der Waals surface area contributed by atoms with Crippen molar-refractivity contribution >= 4 is 22.5 Å². The first-order chi connectivity index (χ1) is 10.1. The number of benzene rings is 2. The van der Waals surface area contributed by atoms with Gasteiger partial charge in [-0.15, -0.1) is 0 Å². The van der Waals surface area contributed by atoms with E-state index in [0.29, 0.717) is 16.5 Å². The quantitative estimate of drug-likeness (QED) is 0.791. The second-order valence-electron chi connectivity index (χ2n) is 4.46. The molecule has 3 aromatic rings. The lowest BCUT2D eigenvalue weighted by molar-refractivity contribution is 0.636. The fraction of sp³-hybridized carbons (Fsp3) is 0.0667. The molecule has 0 saturated heterocycles. The second-order valence-corrected chi connectivity index (χ2v) is 4.87. The third-order valence-electron chi connectivity index (χ3n) is 3.19. The first-order valence-electron chi connectivity index (χ1n) is 6.28. The maximum atomic E-state index is 14.0. The minimum Gasteiger partial charge on any atom is -0.324 e. The Bertz CT molecular complexity index is 892. The summed E-state index contributed by atoms with van der Waals surface area (Å²) >= 11 is 6.13. The summed E-state index contributed by atoms with van der Waals surface area (Å²) in [4.78, 5) is 16.9. The summed E-state index contributed by atoms with van der Waals surface area (Å²) in [6.45, 7) is 0.0346. The van der Waals surface area contributed by atoms with E-state index in [0.717, 1.165) is 0 Å². The van der Waals surface area contributed by atoms with Crippen LogP contribution in [0.4, 0.5) is 4.39 Å². The Hall–Kier alpha value is -2.24. The van der Waals surface area contributed by atoms with Crippen LogP contribution in [-0.4, -0.2) is 9.55 Å². The zero-order valence-electron chi connectivity index (χ0n) is 10.9. The molecule has 4 nitrogen and oxygen atoms in total. The molecule has 0 spiro atoms. The molecular weight excluding hydrogens is 293 g/mol. The van der Waals surface area contributed by atoms with Crippen molar-refractivity contribution in [1.29, 1.82) is 0 Å². The molecule has 0 bridgehead atoms. The van der Waals surface area contributed by atoms with Crippen molar-refractivity contribution in [2.45, 2.75) is 6.54 Å². The zero-order chi connectivity index (χ0) is 15.0. The highest BCUT2D eigenvalue weighted by molar-refractivity contribution is 6.32. The molecule has 0 unspecified atom stereocenters. The van der Waals surface area contributed by atoms with Crippen LogP contribution in [0.15, 0.2) is 47.3 Å². The molecule has 6 heteroatoms. The fourth-order valence-corrected chi connectivity index (χ4v) is 2.47. The number of rotatable bonds is 2. The Morgan fingerprint density at radius 2 is 1.95 bits per heavy atom. The summed E-state index contributed by atoms with van der Waals surface area (Å²) in [6.07, 6.45) is 0. The van der Waals surface area contributed by atoms with Gasteiger partial charge in [0.1, 0.15) is 17.0 Å². The number of para-hydroxylation sites is 1. The Balaban J connectivity index is 2.48. The Morgan fingerprint density at radius 3 is 2.67 bits per heavy atom. The highest BCUT2D eigenvalue weighted by Gasteiger charge is 2.16. The van der Waals surface area contributed by atoms with Gasteiger partial charge in [-0.2, -0.15) is 0 Å². The summed E-state index contributed by atoms with van der Waals surface area (Å²) in [6, 6.07) is 11.1. The standard InChI is InChI=1S/C15H11ClFN3O/c16-9-4-1-2-7-12(9)20-13(8-18)19-11-6-3-5-10(17)14(11)15(20)21/h1-7H,8,18H2. The molecule has 0 aliphatic heterocycles. The highest BCUT2D eigenvalue weighted by Crippen LogP contribution is 2.21. The predicted octanol–water partition coefficient (Wildman–Crippen LogP) is 2.64. The number of nitrogens with two attached hydrogens (primary N) is 1. The lowest BCUT2D eigenvalue weighted by Gasteiger charge is -2.13. The highest BCUT2D eigenvalue weighted by atomic mass is 35.5. The average Bonchev–Trinajstić information content (AvgIpc) is 2.48. The van der Waals surface area contributed by atoms with Gasteiger partial charge in [-0.25, -0.2) is 9.37 Å². The molecule has 2 aromatic carbocycles. The van der Waals surface area contributed by atoms with Crippen LogP contribution in [0.2, 0.25) is 5.02 Å². The van der Waals surface area contributed by atoms with Gasteiger partial charge in [0, 0.05) is 0 Å². The summed E-state index contributed by atoms with van der Waals surface area (Å²) in [7, 11) is 0. The van der Waals surface area contributed by atoms with Crippen molar-refractivity contribution in [3.63, 3.8) is 0 Å². The number of hydrogen-bond donors (Lipinski definition) is 1. The molecule has 0 saturated carbocycles. The van der Waals surface area contributed by atoms with Gasteiger partial charge in [0.2, 0.25) is 0 Å². The lowest BCUT2D eigenvalue weighted by atomic mass is 10.2. The SMILES string of the molecule is NCc1nc2cccc(F)c2c(=O)n1-c1ccccc1Cl. The van der Waals surface area contributed by atoms with Crippen molar-refractivity contribution < 1.29 is 4.39 Å². The summed E-state index contributed by atoms with van der Waals surface area (Å²) in [5.41, 5.74) is 5.87. The Morgan fingerprint density at radius 1 is 1.19 bits per heavy atom. The normalized spacial score (nSPS) is 11.0. The smallest absolute Gasteiger partial charge is 0.269 e. The molecule has 106 valence electrons. The van der Waals surface area contributed by atoms with E-state index in [1.807, 2.05) is 0 Å². The van der Waals surface area contributed by atoms with Crippen LogP contribution in [-0.2, 0) is 6.54 Å². The van der Waals surface area contributed by atoms with Crippen LogP contribution in [0.1, 0.15) is 5.82 Å². The Labute approximate surface area is 124 Å². The summed E-state index contributed by atoms with van der Waals surface area (Å²) in [5, 5.41) is 0.293. The van der Waals surface area contributed by atoms with E-state index in [-0.39, 0.29) is 17.4 Å². The topological polar surface area (TPSA) is 60.9 Å². The number of fused-ring (bicyclic) bond motifs is 1. The third-order valence-corrected chi connectivity index (χ3v) is 3.51. The molecule has 3 rings (SSSR count).